The minimum absolute atomic E-state index is 0.0281. The average molecular weight is 404 g/mol. The molecule has 0 unspecified atom stereocenters. The van der Waals surface area contributed by atoms with Gasteiger partial charge in [-0.15, -0.1) is 0 Å². The monoisotopic (exact) mass is 403 g/mol. The van der Waals surface area contributed by atoms with Crippen LogP contribution in [0, 0.1) is 6.92 Å². The molecule has 7 nitrogen and oxygen atoms in total. The molecule has 0 radical (unpaired) electrons. The number of hydrogen-bond acceptors (Lipinski definition) is 5. The molecule has 7 heteroatoms. The molecule has 0 bridgehead atoms. The predicted molar refractivity (Wildman–Crippen MR) is 111 cm³/mol. The lowest BCUT2D eigenvalue weighted by Crippen LogP contribution is -2.54. The van der Waals surface area contributed by atoms with Gasteiger partial charge in [-0.3, -0.25) is 14.5 Å². The van der Waals surface area contributed by atoms with Gasteiger partial charge in [0.25, 0.3) is 5.91 Å². The van der Waals surface area contributed by atoms with Crippen LogP contribution < -0.4 is 4.74 Å². The lowest BCUT2D eigenvalue weighted by molar-refractivity contribution is -0.141. The summed E-state index contributed by atoms with van der Waals surface area (Å²) >= 11 is 0. The van der Waals surface area contributed by atoms with E-state index < -0.39 is 0 Å². The molecule has 0 N–H and O–H groups in total. The molecule has 1 aromatic carbocycles. The summed E-state index contributed by atoms with van der Waals surface area (Å²) in [7, 11) is 0. The minimum Gasteiger partial charge on any atom is -0.483 e. The van der Waals surface area contributed by atoms with Crippen LogP contribution in [-0.2, 0) is 14.3 Å². The SMILES string of the molecule is Cc1ccc(C(C)C)cc1OCC(=O)N1CCN(C(=O)CN2CCOCC2)CC1. The molecule has 0 saturated carbocycles. The molecule has 2 aliphatic heterocycles. The first-order chi connectivity index (χ1) is 13.9. The van der Waals surface area contributed by atoms with Gasteiger partial charge in [-0.25, -0.2) is 0 Å². The Morgan fingerprint density at radius 1 is 1.00 bits per heavy atom. The molecule has 2 saturated heterocycles. The van der Waals surface area contributed by atoms with Gasteiger partial charge in [-0.1, -0.05) is 26.0 Å². The number of carbonyl (C=O) groups is 2. The highest BCUT2D eigenvalue weighted by atomic mass is 16.5. The summed E-state index contributed by atoms with van der Waals surface area (Å²) in [5.41, 5.74) is 2.23. The normalized spacial score (nSPS) is 18.2. The number of rotatable bonds is 6. The third-order valence-electron chi connectivity index (χ3n) is 5.68. The smallest absolute Gasteiger partial charge is 0.260 e. The van der Waals surface area contributed by atoms with Crippen molar-refractivity contribution < 1.29 is 19.1 Å². The summed E-state index contributed by atoms with van der Waals surface area (Å²) in [6.45, 7) is 12.0. The van der Waals surface area contributed by atoms with E-state index in [4.69, 9.17) is 9.47 Å². The lowest BCUT2D eigenvalue weighted by atomic mass is 10.0. The maximum atomic E-state index is 12.6. The standard InChI is InChI=1S/C22H33N3O4/c1-17(2)19-5-4-18(3)20(14-19)29-16-22(27)25-8-6-24(7-9-25)21(26)15-23-10-12-28-13-11-23/h4-5,14,17H,6-13,15-16H2,1-3H3. The molecule has 2 aliphatic rings. The molecule has 160 valence electrons. The number of aryl methyl sites for hydroxylation is 1. The van der Waals surface area contributed by atoms with Gasteiger partial charge >= 0.3 is 0 Å². The number of piperazine rings is 1. The topological polar surface area (TPSA) is 62.3 Å². The molecular formula is C22H33N3O4. The molecule has 0 atom stereocenters. The van der Waals surface area contributed by atoms with E-state index in [1.807, 2.05) is 24.0 Å². The van der Waals surface area contributed by atoms with Crippen molar-refractivity contribution in [2.75, 3.05) is 65.6 Å². The number of morpholine rings is 1. The predicted octanol–water partition coefficient (Wildman–Crippen LogP) is 1.50. The Balaban J connectivity index is 1.44. The number of benzene rings is 1. The van der Waals surface area contributed by atoms with Crippen molar-refractivity contribution in [1.82, 2.24) is 14.7 Å². The third kappa shape index (κ3) is 5.93. The van der Waals surface area contributed by atoms with Crippen LogP contribution in [0.2, 0.25) is 0 Å². The molecule has 0 spiro atoms. The van der Waals surface area contributed by atoms with Crippen LogP contribution in [0.5, 0.6) is 5.75 Å². The van der Waals surface area contributed by atoms with Gasteiger partial charge in [0.15, 0.2) is 6.61 Å². The van der Waals surface area contributed by atoms with Crippen molar-refractivity contribution in [1.29, 1.82) is 0 Å². The Kier molecular flexibility index (Phi) is 7.50. The Labute approximate surface area is 173 Å². The lowest BCUT2D eigenvalue weighted by Gasteiger charge is -2.36. The van der Waals surface area contributed by atoms with E-state index in [1.165, 1.54) is 5.56 Å². The van der Waals surface area contributed by atoms with Gasteiger partial charge < -0.3 is 19.3 Å². The molecule has 0 aromatic heterocycles. The Morgan fingerprint density at radius 3 is 2.24 bits per heavy atom. The fourth-order valence-corrected chi connectivity index (χ4v) is 3.62. The Bertz CT molecular complexity index is 708. The molecule has 3 rings (SSSR count). The second-order valence-electron chi connectivity index (χ2n) is 8.12. The largest absolute Gasteiger partial charge is 0.483 e. The quantitative estimate of drug-likeness (QED) is 0.720. The van der Waals surface area contributed by atoms with Gasteiger partial charge in [0.1, 0.15) is 5.75 Å². The van der Waals surface area contributed by atoms with Crippen molar-refractivity contribution in [3.05, 3.63) is 29.3 Å². The van der Waals surface area contributed by atoms with Crippen molar-refractivity contribution in [3.63, 3.8) is 0 Å². The van der Waals surface area contributed by atoms with Gasteiger partial charge in [0.2, 0.25) is 5.91 Å². The van der Waals surface area contributed by atoms with Gasteiger partial charge in [-0.2, -0.15) is 0 Å². The summed E-state index contributed by atoms with van der Waals surface area (Å²) < 4.78 is 11.2. The van der Waals surface area contributed by atoms with Crippen LogP contribution in [0.25, 0.3) is 0 Å². The summed E-state index contributed by atoms with van der Waals surface area (Å²) in [4.78, 5) is 30.8. The van der Waals surface area contributed by atoms with Crippen LogP contribution >= 0.6 is 0 Å². The number of carbonyl (C=O) groups excluding carboxylic acids is 2. The third-order valence-corrected chi connectivity index (χ3v) is 5.68. The van der Waals surface area contributed by atoms with Crippen LogP contribution in [0.3, 0.4) is 0 Å². The fourth-order valence-electron chi connectivity index (χ4n) is 3.62. The minimum atomic E-state index is -0.0281. The highest BCUT2D eigenvalue weighted by molar-refractivity contribution is 5.80. The van der Waals surface area contributed by atoms with Crippen molar-refractivity contribution in [3.8, 4) is 5.75 Å². The van der Waals surface area contributed by atoms with Crippen LogP contribution in [0.15, 0.2) is 18.2 Å². The molecule has 1 aromatic rings. The molecular weight excluding hydrogens is 370 g/mol. The molecule has 2 heterocycles. The second kappa shape index (κ2) is 10.1. The first-order valence-electron chi connectivity index (χ1n) is 10.5. The summed E-state index contributed by atoms with van der Waals surface area (Å²) in [6.07, 6.45) is 0. The Hall–Kier alpha value is -2.12. The molecule has 29 heavy (non-hydrogen) atoms. The van der Waals surface area contributed by atoms with E-state index >= 15 is 0 Å². The Morgan fingerprint density at radius 2 is 1.62 bits per heavy atom. The maximum absolute atomic E-state index is 12.6. The first kappa shape index (κ1) is 21.6. The van der Waals surface area contributed by atoms with Crippen LogP contribution in [0.1, 0.15) is 30.9 Å². The molecule has 0 aliphatic carbocycles. The first-order valence-corrected chi connectivity index (χ1v) is 10.5. The highest BCUT2D eigenvalue weighted by Gasteiger charge is 2.26. The van der Waals surface area contributed by atoms with Gasteiger partial charge in [-0.05, 0) is 30.0 Å². The van der Waals surface area contributed by atoms with Crippen LogP contribution in [0.4, 0.5) is 0 Å². The molecule has 2 fully saturated rings. The van der Waals surface area contributed by atoms with Gasteiger partial charge in [0, 0.05) is 39.3 Å². The average Bonchev–Trinajstić information content (AvgIpc) is 2.73. The zero-order chi connectivity index (χ0) is 20.8. The number of nitrogens with zero attached hydrogens (tertiary/aromatic N) is 3. The van der Waals surface area contributed by atoms with Crippen molar-refractivity contribution in [2.24, 2.45) is 0 Å². The zero-order valence-corrected chi connectivity index (χ0v) is 17.9. The van der Waals surface area contributed by atoms with Crippen molar-refractivity contribution >= 4 is 11.8 Å². The van der Waals surface area contributed by atoms with E-state index in [9.17, 15) is 9.59 Å². The maximum Gasteiger partial charge on any atom is 0.260 e. The van der Waals surface area contributed by atoms with E-state index in [0.29, 0.717) is 51.9 Å². The molecule has 2 amide bonds. The number of amides is 2. The summed E-state index contributed by atoms with van der Waals surface area (Å²) in [5.74, 6) is 1.29. The fraction of sp³-hybridized carbons (Fsp3) is 0.636. The summed E-state index contributed by atoms with van der Waals surface area (Å²) in [5, 5.41) is 0. The second-order valence-corrected chi connectivity index (χ2v) is 8.12. The summed E-state index contributed by atoms with van der Waals surface area (Å²) in [6, 6.07) is 6.16. The number of hydrogen-bond donors (Lipinski definition) is 0. The van der Waals surface area contributed by atoms with Crippen molar-refractivity contribution in [2.45, 2.75) is 26.7 Å². The number of ether oxygens (including phenoxy) is 2. The van der Waals surface area contributed by atoms with E-state index in [2.05, 4.69) is 24.8 Å². The van der Waals surface area contributed by atoms with Crippen LogP contribution in [-0.4, -0.2) is 92.1 Å². The van der Waals surface area contributed by atoms with E-state index in [1.54, 1.807) is 4.90 Å². The zero-order valence-electron chi connectivity index (χ0n) is 17.9. The van der Waals surface area contributed by atoms with E-state index in [-0.39, 0.29) is 18.4 Å². The van der Waals surface area contributed by atoms with Gasteiger partial charge in [0.05, 0.1) is 19.8 Å². The highest BCUT2D eigenvalue weighted by Crippen LogP contribution is 2.24. The van der Waals surface area contributed by atoms with E-state index in [0.717, 1.165) is 24.4 Å².